The molecule has 2 heterocycles. The van der Waals surface area contributed by atoms with Crippen molar-refractivity contribution in [2.24, 2.45) is 0 Å². The van der Waals surface area contributed by atoms with Crippen molar-refractivity contribution in [2.45, 2.75) is 19.8 Å². The minimum absolute atomic E-state index is 0.0647. The number of anilines is 2. The fourth-order valence-corrected chi connectivity index (χ4v) is 3.57. The van der Waals surface area contributed by atoms with Crippen LogP contribution in [0.2, 0.25) is 5.02 Å². The Kier molecular flexibility index (Phi) is 5.35. The number of aryl methyl sites for hydroxylation is 1. The Morgan fingerprint density at radius 1 is 1.14 bits per heavy atom. The zero-order chi connectivity index (χ0) is 19.5. The topological polar surface area (TPSA) is 54.5 Å². The molecule has 144 valence electrons. The number of halogens is 1. The molecule has 28 heavy (non-hydrogen) atoms. The molecule has 5 nitrogen and oxygen atoms in total. The number of hydrogen-bond acceptors (Lipinski definition) is 4. The second-order valence-corrected chi connectivity index (χ2v) is 7.45. The highest BCUT2D eigenvalue weighted by Crippen LogP contribution is 2.27. The van der Waals surface area contributed by atoms with Gasteiger partial charge >= 0.3 is 0 Å². The number of rotatable bonds is 5. The summed E-state index contributed by atoms with van der Waals surface area (Å²) in [6.45, 7) is 4.16. The Balaban J connectivity index is 1.45. The second-order valence-electron chi connectivity index (χ2n) is 7.01. The number of carbonyl (C=O) groups is 1. The van der Waals surface area contributed by atoms with Crippen LogP contribution >= 0.6 is 11.6 Å². The number of ether oxygens (including phenoxy) is 1. The van der Waals surface area contributed by atoms with E-state index < -0.39 is 0 Å². The van der Waals surface area contributed by atoms with Gasteiger partial charge in [-0.15, -0.1) is 0 Å². The van der Waals surface area contributed by atoms with Crippen molar-refractivity contribution in [3.8, 4) is 5.75 Å². The molecular weight excluding hydrogens is 374 g/mol. The first kappa shape index (κ1) is 18.6. The van der Waals surface area contributed by atoms with E-state index in [2.05, 4.69) is 23.2 Å². The number of nitrogens with one attached hydrogen (secondary N) is 1. The molecule has 3 aromatic rings. The SMILES string of the molecule is Cc1cc(N2CCCC2)nc2ccc(NC(=O)COc3ccc(Cl)cc3)cc12. The van der Waals surface area contributed by atoms with E-state index in [0.29, 0.717) is 10.8 Å². The van der Waals surface area contributed by atoms with Crippen LogP contribution in [-0.4, -0.2) is 30.6 Å². The van der Waals surface area contributed by atoms with Gasteiger partial charge in [0.25, 0.3) is 5.91 Å². The monoisotopic (exact) mass is 395 g/mol. The molecule has 1 amide bonds. The van der Waals surface area contributed by atoms with Crippen LogP contribution in [0, 0.1) is 6.92 Å². The normalized spacial score (nSPS) is 13.7. The molecule has 1 aromatic heterocycles. The van der Waals surface area contributed by atoms with Crippen LogP contribution in [0.25, 0.3) is 10.9 Å². The number of nitrogens with zero attached hydrogens (tertiary/aromatic N) is 2. The van der Waals surface area contributed by atoms with Crippen LogP contribution in [0.15, 0.2) is 48.5 Å². The zero-order valence-electron chi connectivity index (χ0n) is 15.7. The lowest BCUT2D eigenvalue weighted by Crippen LogP contribution is -2.20. The van der Waals surface area contributed by atoms with Crippen LogP contribution in [-0.2, 0) is 4.79 Å². The van der Waals surface area contributed by atoms with Gasteiger partial charge in [0.05, 0.1) is 5.52 Å². The third-order valence-electron chi connectivity index (χ3n) is 4.90. The first-order valence-electron chi connectivity index (χ1n) is 9.43. The highest BCUT2D eigenvalue weighted by Gasteiger charge is 2.15. The molecule has 0 atom stereocenters. The lowest BCUT2D eigenvalue weighted by molar-refractivity contribution is -0.118. The number of carbonyl (C=O) groups excluding carboxylic acids is 1. The molecule has 0 spiro atoms. The van der Waals surface area contributed by atoms with Gasteiger partial charge in [0, 0.05) is 29.2 Å². The third-order valence-corrected chi connectivity index (χ3v) is 5.15. The first-order chi connectivity index (χ1) is 13.6. The highest BCUT2D eigenvalue weighted by molar-refractivity contribution is 6.30. The van der Waals surface area contributed by atoms with Gasteiger partial charge in [-0.05, 0) is 73.9 Å². The maximum atomic E-state index is 12.2. The molecule has 0 radical (unpaired) electrons. The number of pyridine rings is 1. The fourth-order valence-electron chi connectivity index (χ4n) is 3.44. The number of amides is 1. The minimum Gasteiger partial charge on any atom is -0.484 e. The Hall–Kier alpha value is -2.79. The van der Waals surface area contributed by atoms with E-state index in [1.54, 1.807) is 24.3 Å². The molecule has 1 aliphatic rings. The van der Waals surface area contributed by atoms with E-state index in [0.717, 1.165) is 41.1 Å². The lowest BCUT2D eigenvalue weighted by Gasteiger charge is -2.18. The van der Waals surface area contributed by atoms with Crippen LogP contribution in [0.5, 0.6) is 5.75 Å². The van der Waals surface area contributed by atoms with E-state index in [-0.39, 0.29) is 12.5 Å². The zero-order valence-corrected chi connectivity index (χ0v) is 16.5. The Labute approximate surface area is 169 Å². The summed E-state index contributed by atoms with van der Waals surface area (Å²) >= 11 is 5.85. The van der Waals surface area contributed by atoms with Gasteiger partial charge in [-0.2, -0.15) is 0 Å². The summed E-state index contributed by atoms with van der Waals surface area (Å²) < 4.78 is 5.49. The highest BCUT2D eigenvalue weighted by atomic mass is 35.5. The molecule has 1 saturated heterocycles. The van der Waals surface area contributed by atoms with Crippen LogP contribution in [0.4, 0.5) is 11.5 Å². The Bertz CT molecular complexity index is 999. The molecule has 2 aromatic carbocycles. The van der Waals surface area contributed by atoms with Gasteiger partial charge in [-0.25, -0.2) is 4.98 Å². The summed E-state index contributed by atoms with van der Waals surface area (Å²) in [7, 11) is 0. The van der Waals surface area contributed by atoms with E-state index in [1.165, 1.54) is 12.8 Å². The quantitative estimate of drug-likeness (QED) is 0.673. The lowest BCUT2D eigenvalue weighted by atomic mass is 10.1. The molecule has 6 heteroatoms. The number of hydrogen-bond donors (Lipinski definition) is 1. The van der Waals surface area contributed by atoms with Gasteiger partial charge in [0.15, 0.2) is 6.61 Å². The molecule has 0 aliphatic carbocycles. The minimum atomic E-state index is -0.214. The van der Waals surface area contributed by atoms with Crippen LogP contribution in [0.3, 0.4) is 0 Å². The van der Waals surface area contributed by atoms with Crippen molar-refractivity contribution in [2.75, 3.05) is 29.9 Å². The molecule has 1 N–H and O–H groups in total. The van der Waals surface area contributed by atoms with E-state index in [4.69, 9.17) is 21.3 Å². The maximum absolute atomic E-state index is 12.2. The van der Waals surface area contributed by atoms with E-state index in [1.807, 2.05) is 18.2 Å². The summed E-state index contributed by atoms with van der Waals surface area (Å²) in [5, 5.41) is 4.55. The smallest absolute Gasteiger partial charge is 0.262 e. The molecule has 1 fully saturated rings. The van der Waals surface area contributed by atoms with Crippen LogP contribution < -0.4 is 15.0 Å². The largest absolute Gasteiger partial charge is 0.484 e. The molecule has 0 unspecified atom stereocenters. The average Bonchev–Trinajstić information content (AvgIpc) is 3.23. The van der Waals surface area contributed by atoms with Crippen molar-refractivity contribution in [3.05, 3.63) is 59.1 Å². The number of benzene rings is 2. The summed E-state index contributed by atoms with van der Waals surface area (Å²) in [5.41, 5.74) is 2.83. The standard InChI is InChI=1S/C22H22ClN3O2/c1-15-12-21(26-10-2-3-11-26)25-20-9-6-17(13-19(15)20)24-22(27)14-28-18-7-4-16(23)5-8-18/h4-9,12-13H,2-3,10-11,14H2,1H3,(H,24,27). The van der Waals surface area contributed by atoms with Crippen molar-refractivity contribution in [1.29, 1.82) is 0 Å². The number of fused-ring (bicyclic) bond motifs is 1. The molecule has 4 rings (SSSR count). The maximum Gasteiger partial charge on any atom is 0.262 e. The predicted molar refractivity (Wildman–Crippen MR) is 114 cm³/mol. The number of aromatic nitrogens is 1. The van der Waals surface area contributed by atoms with Gasteiger partial charge in [0.1, 0.15) is 11.6 Å². The molecular formula is C22H22ClN3O2. The first-order valence-corrected chi connectivity index (χ1v) is 9.81. The molecule has 1 aliphatic heterocycles. The average molecular weight is 396 g/mol. The Morgan fingerprint density at radius 2 is 1.89 bits per heavy atom. The summed E-state index contributed by atoms with van der Waals surface area (Å²) in [4.78, 5) is 19.3. The summed E-state index contributed by atoms with van der Waals surface area (Å²) in [5.74, 6) is 1.43. The summed E-state index contributed by atoms with van der Waals surface area (Å²) in [6, 6.07) is 14.8. The van der Waals surface area contributed by atoms with Gasteiger partial charge in [-0.3, -0.25) is 4.79 Å². The molecule has 0 bridgehead atoms. The summed E-state index contributed by atoms with van der Waals surface area (Å²) in [6.07, 6.45) is 2.45. The van der Waals surface area contributed by atoms with Crippen molar-refractivity contribution in [1.82, 2.24) is 4.98 Å². The van der Waals surface area contributed by atoms with Crippen LogP contribution in [0.1, 0.15) is 18.4 Å². The predicted octanol–water partition coefficient (Wildman–Crippen LogP) is 4.81. The van der Waals surface area contributed by atoms with E-state index in [9.17, 15) is 4.79 Å². The van der Waals surface area contributed by atoms with Gasteiger partial charge in [0.2, 0.25) is 0 Å². The second kappa shape index (κ2) is 8.07. The fraction of sp³-hybridized carbons (Fsp3) is 0.273. The van der Waals surface area contributed by atoms with Crippen molar-refractivity contribution < 1.29 is 9.53 Å². The van der Waals surface area contributed by atoms with E-state index >= 15 is 0 Å². The van der Waals surface area contributed by atoms with Crippen molar-refractivity contribution in [3.63, 3.8) is 0 Å². The van der Waals surface area contributed by atoms with Gasteiger partial charge < -0.3 is 15.0 Å². The molecule has 0 saturated carbocycles. The Morgan fingerprint density at radius 3 is 2.64 bits per heavy atom. The van der Waals surface area contributed by atoms with Gasteiger partial charge in [-0.1, -0.05) is 11.6 Å². The third kappa shape index (κ3) is 4.20. The van der Waals surface area contributed by atoms with Crippen molar-refractivity contribution >= 4 is 39.9 Å².